The van der Waals surface area contributed by atoms with Crippen molar-refractivity contribution in [3.63, 3.8) is 0 Å². The molecule has 0 unspecified atom stereocenters. The molecule has 5 aromatic rings. The van der Waals surface area contributed by atoms with Gasteiger partial charge in [-0.05, 0) is 52.4 Å². The average molecular weight is 506 g/mol. The Morgan fingerprint density at radius 3 is 1.95 bits per heavy atom. The van der Waals surface area contributed by atoms with Gasteiger partial charge in [0.05, 0.1) is 12.9 Å². The van der Waals surface area contributed by atoms with E-state index in [9.17, 15) is 9.59 Å². The first-order chi connectivity index (χ1) is 18.6. The van der Waals surface area contributed by atoms with Gasteiger partial charge in [0.15, 0.2) is 0 Å². The molecule has 1 heterocycles. The van der Waals surface area contributed by atoms with E-state index in [0.29, 0.717) is 12.8 Å². The van der Waals surface area contributed by atoms with Crippen LogP contribution in [0.5, 0.6) is 0 Å². The third kappa shape index (κ3) is 5.75. The van der Waals surface area contributed by atoms with Crippen LogP contribution >= 0.6 is 0 Å². The molecule has 0 aliphatic rings. The molecule has 0 saturated heterocycles. The highest BCUT2D eigenvalue weighted by Gasteiger charge is 2.28. The van der Waals surface area contributed by atoms with Crippen LogP contribution in [0, 0.1) is 5.92 Å². The fraction of sp³-hybridized carbons (Fsp3) is 0.219. The van der Waals surface area contributed by atoms with Crippen LogP contribution in [0.25, 0.3) is 21.5 Å². The molecule has 0 aliphatic heterocycles. The molecule has 5 rings (SSSR count). The van der Waals surface area contributed by atoms with Gasteiger partial charge in [0, 0.05) is 24.2 Å². The molecule has 0 saturated carbocycles. The van der Waals surface area contributed by atoms with E-state index in [4.69, 9.17) is 4.74 Å². The summed E-state index contributed by atoms with van der Waals surface area (Å²) in [5.74, 6) is -1.03. The Kier molecular flexibility index (Phi) is 7.78. The molecular weight excluding hydrogens is 474 g/mol. The van der Waals surface area contributed by atoms with Crippen molar-refractivity contribution in [1.82, 2.24) is 15.3 Å². The van der Waals surface area contributed by atoms with E-state index < -0.39 is 17.9 Å². The number of H-pyrrole nitrogens is 1. The summed E-state index contributed by atoms with van der Waals surface area (Å²) in [6, 6.07) is 28.0. The quantitative estimate of drug-likeness (QED) is 0.249. The van der Waals surface area contributed by atoms with E-state index in [1.807, 2.05) is 36.4 Å². The Bertz CT molecular complexity index is 1450. The number of carbonyl (C=O) groups is 2. The van der Waals surface area contributed by atoms with E-state index in [0.717, 1.165) is 38.4 Å². The zero-order valence-corrected chi connectivity index (χ0v) is 21.4. The summed E-state index contributed by atoms with van der Waals surface area (Å²) in [5.41, 5.74) is 2.96. The van der Waals surface area contributed by atoms with Crippen molar-refractivity contribution in [2.24, 2.45) is 5.92 Å². The number of amides is 1. The van der Waals surface area contributed by atoms with E-state index in [2.05, 4.69) is 63.8 Å². The van der Waals surface area contributed by atoms with Crippen molar-refractivity contribution in [2.75, 3.05) is 6.61 Å². The lowest BCUT2D eigenvalue weighted by Gasteiger charge is -2.23. The maximum atomic E-state index is 13.9. The lowest BCUT2D eigenvalue weighted by Crippen LogP contribution is -2.46. The summed E-state index contributed by atoms with van der Waals surface area (Å²) < 4.78 is 5.30. The first-order valence-electron chi connectivity index (χ1n) is 13.0. The van der Waals surface area contributed by atoms with Crippen molar-refractivity contribution in [1.29, 1.82) is 0 Å². The third-order valence-corrected chi connectivity index (χ3v) is 6.93. The van der Waals surface area contributed by atoms with Gasteiger partial charge >= 0.3 is 5.97 Å². The van der Waals surface area contributed by atoms with Crippen molar-refractivity contribution in [2.45, 2.75) is 32.2 Å². The van der Waals surface area contributed by atoms with Crippen molar-refractivity contribution in [3.05, 3.63) is 114 Å². The Morgan fingerprint density at radius 1 is 0.816 bits per heavy atom. The van der Waals surface area contributed by atoms with Crippen LogP contribution in [-0.2, 0) is 33.6 Å². The standard InChI is InChI=1S/C32H31N3O3/c1-2-38-32(37)30(19-27-20-33-21-34-27)35-31(36)26(17-24-13-7-11-22-9-3-5-15-28(22)24)18-25-14-8-12-23-10-4-6-16-29(23)25/h3-16,20-21,26,30H,2,17-19H2,1H3,(H,33,34)(H,35,36)/t30-/m0/s1. The van der Waals surface area contributed by atoms with Crippen molar-refractivity contribution in [3.8, 4) is 0 Å². The monoisotopic (exact) mass is 505 g/mol. The van der Waals surface area contributed by atoms with Crippen molar-refractivity contribution >= 4 is 33.4 Å². The topological polar surface area (TPSA) is 84.1 Å². The first-order valence-corrected chi connectivity index (χ1v) is 13.0. The summed E-state index contributed by atoms with van der Waals surface area (Å²) in [6.07, 6.45) is 4.57. The number of hydrogen-bond donors (Lipinski definition) is 2. The summed E-state index contributed by atoms with van der Waals surface area (Å²) >= 11 is 0. The fourth-order valence-electron chi connectivity index (χ4n) is 5.07. The number of ether oxygens (including phenoxy) is 1. The van der Waals surface area contributed by atoms with Crippen molar-refractivity contribution < 1.29 is 14.3 Å². The van der Waals surface area contributed by atoms with E-state index in [1.54, 1.807) is 19.4 Å². The minimum absolute atomic E-state index is 0.177. The molecule has 0 bridgehead atoms. The molecule has 4 aromatic carbocycles. The lowest BCUT2D eigenvalue weighted by atomic mass is 9.87. The summed E-state index contributed by atoms with van der Waals surface area (Å²) in [7, 11) is 0. The van der Waals surface area contributed by atoms with Gasteiger partial charge in [0.25, 0.3) is 0 Å². The molecular formula is C32H31N3O3. The maximum absolute atomic E-state index is 13.9. The zero-order valence-electron chi connectivity index (χ0n) is 21.4. The van der Waals surface area contributed by atoms with Gasteiger partial charge < -0.3 is 15.0 Å². The number of imidazole rings is 1. The van der Waals surface area contributed by atoms with Crippen LogP contribution in [0.2, 0.25) is 0 Å². The number of rotatable bonds is 10. The molecule has 0 radical (unpaired) electrons. The molecule has 1 amide bonds. The smallest absolute Gasteiger partial charge is 0.329 e. The molecule has 6 heteroatoms. The molecule has 1 atom stereocenters. The molecule has 0 aliphatic carbocycles. The molecule has 6 nitrogen and oxygen atoms in total. The number of fused-ring (bicyclic) bond motifs is 2. The number of nitrogens with one attached hydrogen (secondary N) is 2. The third-order valence-electron chi connectivity index (χ3n) is 6.93. The highest BCUT2D eigenvalue weighted by molar-refractivity contribution is 5.90. The largest absolute Gasteiger partial charge is 0.464 e. The second-order valence-electron chi connectivity index (χ2n) is 9.48. The highest BCUT2D eigenvalue weighted by Crippen LogP contribution is 2.26. The fourth-order valence-corrected chi connectivity index (χ4v) is 5.07. The van der Waals surface area contributed by atoms with Crippen LogP contribution in [0.15, 0.2) is 97.5 Å². The molecule has 192 valence electrons. The number of aromatic nitrogens is 2. The van der Waals surface area contributed by atoms with E-state index in [1.165, 1.54) is 0 Å². The van der Waals surface area contributed by atoms with Gasteiger partial charge in [0.1, 0.15) is 6.04 Å². The van der Waals surface area contributed by atoms with Gasteiger partial charge in [-0.25, -0.2) is 9.78 Å². The highest BCUT2D eigenvalue weighted by atomic mass is 16.5. The minimum Gasteiger partial charge on any atom is -0.464 e. The van der Waals surface area contributed by atoms with Gasteiger partial charge in [-0.1, -0.05) is 84.9 Å². The summed E-state index contributed by atoms with van der Waals surface area (Å²) in [4.78, 5) is 33.8. The molecule has 0 fully saturated rings. The van der Waals surface area contributed by atoms with Crippen LogP contribution in [0.4, 0.5) is 0 Å². The number of aromatic amines is 1. The Morgan fingerprint density at radius 2 is 1.39 bits per heavy atom. The average Bonchev–Trinajstić information content (AvgIpc) is 3.46. The minimum atomic E-state index is -0.814. The Labute approximate surface area is 222 Å². The summed E-state index contributed by atoms with van der Waals surface area (Å²) in [6.45, 7) is 2.00. The number of carbonyl (C=O) groups excluding carboxylic acids is 2. The molecule has 38 heavy (non-hydrogen) atoms. The van der Waals surface area contributed by atoms with Crippen LogP contribution in [0.1, 0.15) is 23.7 Å². The molecule has 2 N–H and O–H groups in total. The number of benzene rings is 4. The van der Waals surface area contributed by atoms with Crippen LogP contribution in [-0.4, -0.2) is 34.5 Å². The van der Waals surface area contributed by atoms with Gasteiger partial charge in [-0.2, -0.15) is 0 Å². The van der Waals surface area contributed by atoms with E-state index >= 15 is 0 Å². The predicted octanol–water partition coefficient (Wildman–Crippen LogP) is 5.41. The maximum Gasteiger partial charge on any atom is 0.329 e. The van der Waals surface area contributed by atoms with Crippen LogP contribution < -0.4 is 5.32 Å². The number of nitrogens with zero attached hydrogens (tertiary/aromatic N) is 1. The SMILES string of the molecule is CCOC(=O)[C@H](Cc1cnc[nH]1)NC(=O)C(Cc1cccc2ccccc12)Cc1cccc2ccccc12. The Hall–Kier alpha value is -4.45. The summed E-state index contributed by atoms with van der Waals surface area (Å²) in [5, 5.41) is 7.55. The molecule has 0 spiro atoms. The van der Waals surface area contributed by atoms with Gasteiger partial charge in [-0.3, -0.25) is 4.79 Å². The predicted molar refractivity (Wildman–Crippen MR) is 150 cm³/mol. The Balaban J connectivity index is 1.48. The van der Waals surface area contributed by atoms with Gasteiger partial charge in [-0.15, -0.1) is 0 Å². The number of esters is 1. The molecule has 1 aromatic heterocycles. The second-order valence-corrected chi connectivity index (χ2v) is 9.48. The van der Waals surface area contributed by atoms with Crippen LogP contribution in [0.3, 0.4) is 0 Å². The van der Waals surface area contributed by atoms with Gasteiger partial charge in [0.2, 0.25) is 5.91 Å². The lowest BCUT2D eigenvalue weighted by molar-refractivity contribution is -0.147. The normalized spacial score (nSPS) is 12.1. The first kappa shape index (κ1) is 25.2. The zero-order chi connectivity index (χ0) is 26.3. The van der Waals surface area contributed by atoms with E-state index in [-0.39, 0.29) is 18.9 Å². The second kappa shape index (κ2) is 11.7. The number of hydrogen-bond acceptors (Lipinski definition) is 4.